The molecule has 204 valence electrons. The quantitative estimate of drug-likeness (QED) is 0.191. The predicted octanol–water partition coefficient (Wildman–Crippen LogP) is 6.41. The van der Waals surface area contributed by atoms with Gasteiger partial charge in [0.15, 0.2) is 0 Å². The molecule has 0 saturated carbocycles. The minimum absolute atomic E-state index is 0.0713. The van der Waals surface area contributed by atoms with Crippen molar-refractivity contribution >= 4 is 17.9 Å². The van der Waals surface area contributed by atoms with Gasteiger partial charge < -0.3 is 29.5 Å². The Morgan fingerprint density at radius 1 is 0.556 bits per heavy atom. The van der Waals surface area contributed by atoms with Gasteiger partial charge in [0.2, 0.25) is 0 Å². The van der Waals surface area contributed by atoms with Crippen molar-refractivity contribution in [2.45, 2.75) is 98.4 Å². The Bertz CT molecular complexity index is 758. The highest BCUT2D eigenvalue weighted by Crippen LogP contribution is 2.41. The lowest BCUT2D eigenvalue weighted by atomic mass is 9.81. The second kappa shape index (κ2) is 15.6. The molecule has 0 radical (unpaired) electrons. The molecule has 0 saturated heterocycles. The summed E-state index contributed by atoms with van der Waals surface area (Å²) in [7, 11) is 0. The van der Waals surface area contributed by atoms with Crippen LogP contribution in [0.2, 0.25) is 0 Å². The van der Waals surface area contributed by atoms with E-state index in [4.69, 9.17) is 14.2 Å². The number of aromatic carboxylic acids is 3. The van der Waals surface area contributed by atoms with E-state index < -0.39 is 52.9 Å². The number of rotatable bonds is 18. The molecule has 0 aliphatic rings. The van der Waals surface area contributed by atoms with Gasteiger partial charge in [0.1, 0.15) is 0 Å². The molecular weight excluding hydrogens is 468 g/mol. The number of benzene rings is 1. The molecule has 1 aromatic rings. The van der Waals surface area contributed by atoms with E-state index in [1.807, 2.05) is 20.8 Å². The van der Waals surface area contributed by atoms with Crippen molar-refractivity contribution in [3.8, 4) is 0 Å². The largest absolute Gasteiger partial charge is 0.478 e. The molecule has 3 N–H and O–H groups in total. The molecule has 9 nitrogen and oxygen atoms in total. The van der Waals surface area contributed by atoms with Crippen molar-refractivity contribution in [2.24, 2.45) is 0 Å². The van der Waals surface area contributed by atoms with Gasteiger partial charge in [-0.05, 0) is 40.0 Å². The molecule has 9 heteroatoms. The molecule has 0 spiro atoms. The zero-order chi connectivity index (χ0) is 27.4. The van der Waals surface area contributed by atoms with Crippen LogP contribution in [0.3, 0.4) is 0 Å². The van der Waals surface area contributed by atoms with Gasteiger partial charge in [-0.2, -0.15) is 0 Å². The lowest BCUT2D eigenvalue weighted by Crippen LogP contribution is -2.27. The van der Waals surface area contributed by atoms with E-state index in [1.54, 1.807) is 20.8 Å². The van der Waals surface area contributed by atoms with Gasteiger partial charge in [-0.25, -0.2) is 14.4 Å². The number of ether oxygens (including phenoxy) is 3. The molecular formula is C27H42O9. The van der Waals surface area contributed by atoms with Crippen LogP contribution in [0.25, 0.3) is 0 Å². The van der Waals surface area contributed by atoms with Crippen LogP contribution in [0.4, 0.5) is 0 Å². The third-order valence-electron chi connectivity index (χ3n) is 6.07. The number of carboxylic acids is 3. The first-order chi connectivity index (χ1) is 17.0. The topological polar surface area (TPSA) is 140 Å². The maximum atomic E-state index is 12.6. The number of hydrogen-bond acceptors (Lipinski definition) is 6. The van der Waals surface area contributed by atoms with Crippen molar-refractivity contribution in [2.75, 3.05) is 19.8 Å². The minimum Gasteiger partial charge on any atom is -0.478 e. The summed E-state index contributed by atoms with van der Waals surface area (Å²) in [6.07, 6.45) is 1.87. The monoisotopic (exact) mass is 510 g/mol. The second-order valence-electron chi connectivity index (χ2n) is 8.88. The molecule has 36 heavy (non-hydrogen) atoms. The molecule has 0 fully saturated rings. The number of carbonyl (C=O) groups is 3. The minimum atomic E-state index is -1.44. The van der Waals surface area contributed by atoms with Crippen molar-refractivity contribution in [3.63, 3.8) is 0 Å². The third-order valence-corrected chi connectivity index (χ3v) is 6.07. The van der Waals surface area contributed by atoms with E-state index in [1.165, 1.54) is 0 Å². The zero-order valence-corrected chi connectivity index (χ0v) is 22.4. The molecule has 1 aromatic carbocycles. The second-order valence-corrected chi connectivity index (χ2v) is 8.88. The summed E-state index contributed by atoms with van der Waals surface area (Å²) >= 11 is 0. The molecule has 0 heterocycles. The van der Waals surface area contributed by atoms with Crippen LogP contribution < -0.4 is 0 Å². The Balaban J connectivity index is 4.10. The smallest absolute Gasteiger partial charge is 0.336 e. The Hall–Kier alpha value is -2.49. The lowest BCUT2D eigenvalue weighted by Gasteiger charge is -2.29. The van der Waals surface area contributed by atoms with Crippen LogP contribution in [0, 0.1) is 0 Å². The van der Waals surface area contributed by atoms with Gasteiger partial charge in [-0.15, -0.1) is 0 Å². The van der Waals surface area contributed by atoms with E-state index in [9.17, 15) is 29.7 Å². The number of unbranched alkanes of at least 4 members (excludes halogenated alkanes) is 3. The highest BCUT2D eigenvalue weighted by Gasteiger charge is 2.38. The van der Waals surface area contributed by atoms with Crippen LogP contribution in [-0.4, -0.2) is 53.0 Å². The van der Waals surface area contributed by atoms with E-state index >= 15 is 0 Å². The fourth-order valence-electron chi connectivity index (χ4n) is 4.18. The van der Waals surface area contributed by atoms with E-state index in [0.717, 1.165) is 19.3 Å². The van der Waals surface area contributed by atoms with Crippen LogP contribution in [0.15, 0.2) is 0 Å². The summed E-state index contributed by atoms with van der Waals surface area (Å²) in [6, 6.07) is 0. The van der Waals surface area contributed by atoms with E-state index in [2.05, 4.69) is 0 Å². The molecule has 0 amide bonds. The molecule has 3 atom stereocenters. The van der Waals surface area contributed by atoms with Crippen molar-refractivity contribution in [1.29, 1.82) is 0 Å². The first-order valence-corrected chi connectivity index (χ1v) is 12.8. The maximum Gasteiger partial charge on any atom is 0.336 e. The first kappa shape index (κ1) is 31.5. The summed E-state index contributed by atoms with van der Waals surface area (Å²) in [5, 5.41) is 30.8. The maximum absolute atomic E-state index is 12.6. The van der Waals surface area contributed by atoms with Crippen LogP contribution in [0.5, 0.6) is 0 Å². The summed E-state index contributed by atoms with van der Waals surface area (Å²) in [5.74, 6) is -4.31. The summed E-state index contributed by atoms with van der Waals surface area (Å²) in [5.41, 5.74) is -1.42. The molecule has 0 aliphatic carbocycles. The average Bonchev–Trinajstić information content (AvgIpc) is 2.81. The van der Waals surface area contributed by atoms with Crippen molar-refractivity contribution in [3.05, 3.63) is 33.4 Å². The van der Waals surface area contributed by atoms with E-state index in [-0.39, 0.29) is 16.7 Å². The van der Waals surface area contributed by atoms with Gasteiger partial charge in [0.25, 0.3) is 0 Å². The number of carboxylic acid groups (broad SMARTS) is 3. The Kier molecular flexibility index (Phi) is 13.7. The van der Waals surface area contributed by atoms with Crippen LogP contribution in [0.1, 0.15) is 146 Å². The number of hydrogen-bond donors (Lipinski definition) is 3. The van der Waals surface area contributed by atoms with Gasteiger partial charge >= 0.3 is 17.9 Å². The van der Waals surface area contributed by atoms with Crippen LogP contribution >= 0.6 is 0 Å². The zero-order valence-electron chi connectivity index (χ0n) is 22.4. The molecule has 0 aliphatic heterocycles. The Morgan fingerprint density at radius 3 is 0.944 bits per heavy atom. The SMILES string of the molecule is CCCCOC(C)c1c(C(=O)O)c(C(C)OCCCC)c(C(=O)O)c(C(C)OCCCC)c1C(=O)O. The Labute approximate surface area is 213 Å². The Morgan fingerprint density at radius 2 is 0.778 bits per heavy atom. The summed E-state index contributed by atoms with van der Waals surface area (Å²) < 4.78 is 17.6. The van der Waals surface area contributed by atoms with Crippen molar-refractivity contribution < 1.29 is 43.9 Å². The van der Waals surface area contributed by atoms with Gasteiger partial charge in [-0.3, -0.25) is 0 Å². The normalized spacial score (nSPS) is 13.8. The highest BCUT2D eigenvalue weighted by molar-refractivity contribution is 6.05. The standard InChI is InChI=1S/C27H42O9/c1-7-10-13-34-16(4)19-22(25(28)29)20(17(5)35-14-11-8-2)24(27(32)33)21(23(19)26(30)31)18(6)36-15-12-9-3/h16-18H,7-15H2,1-6H3,(H,28,29)(H,30,31)(H,32,33). The van der Waals surface area contributed by atoms with Crippen LogP contribution in [-0.2, 0) is 14.2 Å². The van der Waals surface area contributed by atoms with Gasteiger partial charge in [-0.1, -0.05) is 40.0 Å². The highest BCUT2D eigenvalue weighted by atomic mass is 16.5. The fourth-order valence-corrected chi connectivity index (χ4v) is 4.18. The average molecular weight is 511 g/mol. The first-order valence-electron chi connectivity index (χ1n) is 12.8. The third kappa shape index (κ3) is 8.01. The fraction of sp³-hybridized carbons (Fsp3) is 0.667. The lowest BCUT2D eigenvalue weighted by molar-refractivity contribution is 0.0439. The molecule has 3 unspecified atom stereocenters. The van der Waals surface area contributed by atoms with Gasteiger partial charge in [0.05, 0.1) is 35.0 Å². The summed E-state index contributed by atoms with van der Waals surface area (Å²) in [6.45, 7) is 11.6. The molecule has 0 aromatic heterocycles. The van der Waals surface area contributed by atoms with Crippen molar-refractivity contribution in [1.82, 2.24) is 0 Å². The predicted molar refractivity (Wildman–Crippen MR) is 135 cm³/mol. The van der Waals surface area contributed by atoms with Gasteiger partial charge in [0, 0.05) is 36.5 Å². The summed E-state index contributed by atoms with van der Waals surface area (Å²) in [4.78, 5) is 37.9. The molecule has 1 rings (SSSR count). The molecule has 0 bridgehead atoms. The van der Waals surface area contributed by atoms with E-state index in [0.29, 0.717) is 39.1 Å².